The molecular formula is C19H21FN2O3. The van der Waals surface area contributed by atoms with Crippen molar-refractivity contribution in [1.82, 2.24) is 5.32 Å². The number of benzene rings is 2. The minimum absolute atomic E-state index is 0.199. The molecule has 0 spiro atoms. The monoisotopic (exact) mass is 344 g/mol. The number of nitriles is 1. The van der Waals surface area contributed by atoms with E-state index in [2.05, 4.69) is 5.32 Å². The second-order valence-corrected chi connectivity index (χ2v) is 5.60. The number of halogens is 1. The molecule has 2 aromatic carbocycles. The molecule has 2 rings (SSSR count). The molecule has 2 atom stereocenters. The van der Waals surface area contributed by atoms with Gasteiger partial charge >= 0.3 is 0 Å². The Morgan fingerprint density at radius 2 is 1.92 bits per heavy atom. The molecule has 0 radical (unpaired) electrons. The normalized spacial score (nSPS) is 13.0. The van der Waals surface area contributed by atoms with Gasteiger partial charge in [-0.3, -0.25) is 0 Å². The van der Waals surface area contributed by atoms with Crippen molar-refractivity contribution in [1.29, 1.82) is 5.26 Å². The lowest BCUT2D eigenvalue weighted by Gasteiger charge is -2.20. The minimum atomic E-state index is -0.853. The Balaban J connectivity index is 2.09. The Hall–Kier alpha value is -2.62. The molecule has 0 aliphatic rings. The molecule has 0 saturated carbocycles. The van der Waals surface area contributed by atoms with Gasteiger partial charge in [-0.1, -0.05) is 6.07 Å². The third kappa shape index (κ3) is 4.47. The van der Waals surface area contributed by atoms with Gasteiger partial charge in [-0.15, -0.1) is 0 Å². The van der Waals surface area contributed by atoms with Crippen LogP contribution in [0.25, 0.3) is 0 Å². The summed E-state index contributed by atoms with van der Waals surface area (Å²) in [5.41, 5.74) is 1.29. The summed E-state index contributed by atoms with van der Waals surface area (Å²) in [6.07, 6.45) is -0.853. The highest BCUT2D eigenvalue weighted by Gasteiger charge is 2.17. The second-order valence-electron chi connectivity index (χ2n) is 5.60. The fourth-order valence-corrected chi connectivity index (χ4v) is 2.56. The third-order valence-electron chi connectivity index (χ3n) is 4.01. The predicted octanol–water partition coefficient (Wildman–Crippen LogP) is 3.10. The molecule has 0 aliphatic heterocycles. The van der Waals surface area contributed by atoms with Gasteiger partial charge < -0.3 is 19.9 Å². The summed E-state index contributed by atoms with van der Waals surface area (Å²) in [6, 6.07) is 11.1. The Morgan fingerprint density at radius 3 is 2.52 bits per heavy atom. The first-order valence-corrected chi connectivity index (χ1v) is 7.83. The van der Waals surface area contributed by atoms with Gasteiger partial charge in [-0.2, -0.15) is 5.26 Å². The number of ether oxygens (including phenoxy) is 2. The fourth-order valence-electron chi connectivity index (χ4n) is 2.56. The lowest BCUT2D eigenvalue weighted by Crippen LogP contribution is -2.25. The predicted molar refractivity (Wildman–Crippen MR) is 92.0 cm³/mol. The zero-order valence-corrected chi connectivity index (χ0v) is 14.4. The summed E-state index contributed by atoms with van der Waals surface area (Å²) < 4.78 is 24.5. The first-order chi connectivity index (χ1) is 12.0. The van der Waals surface area contributed by atoms with Crippen molar-refractivity contribution in [2.45, 2.75) is 19.1 Å². The molecule has 2 aromatic rings. The Kier molecular flexibility index (Phi) is 6.34. The van der Waals surface area contributed by atoms with Crippen LogP contribution in [0.4, 0.5) is 4.39 Å². The minimum Gasteiger partial charge on any atom is -0.497 e. The quantitative estimate of drug-likeness (QED) is 0.807. The van der Waals surface area contributed by atoms with Crippen LogP contribution in [-0.4, -0.2) is 25.9 Å². The van der Waals surface area contributed by atoms with E-state index < -0.39 is 11.9 Å². The van der Waals surface area contributed by atoms with Crippen molar-refractivity contribution >= 4 is 0 Å². The maximum absolute atomic E-state index is 14.1. The lowest BCUT2D eigenvalue weighted by molar-refractivity contribution is 0.166. The Morgan fingerprint density at radius 1 is 1.16 bits per heavy atom. The molecule has 0 fully saturated rings. The molecule has 0 aromatic heterocycles. The molecule has 6 heteroatoms. The molecule has 5 nitrogen and oxygen atoms in total. The lowest BCUT2D eigenvalue weighted by atomic mass is 10.0. The number of nitrogens with one attached hydrogen (secondary N) is 1. The average molecular weight is 344 g/mol. The SMILES string of the molecule is COc1ccc(OC)c(C(O)CNC(C)c2ccc(C#N)cc2F)c1. The van der Waals surface area contributed by atoms with Crippen molar-refractivity contribution in [3.63, 3.8) is 0 Å². The largest absolute Gasteiger partial charge is 0.497 e. The molecule has 2 unspecified atom stereocenters. The number of nitrogens with zero attached hydrogens (tertiary/aromatic N) is 1. The highest BCUT2D eigenvalue weighted by Crippen LogP contribution is 2.29. The molecular weight excluding hydrogens is 323 g/mol. The number of hydrogen-bond acceptors (Lipinski definition) is 5. The van der Waals surface area contributed by atoms with Crippen molar-refractivity contribution in [2.75, 3.05) is 20.8 Å². The van der Waals surface area contributed by atoms with E-state index in [9.17, 15) is 9.50 Å². The highest BCUT2D eigenvalue weighted by molar-refractivity contribution is 5.42. The molecule has 0 aliphatic carbocycles. The van der Waals surface area contributed by atoms with Crippen LogP contribution in [0.1, 0.15) is 35.8 Å². The number of aliphatic hydroxyl groups excluding tert-OH is 1. The standard InChI is InChI=1S/C19H21FN2O3/c1-12(15-6-4-13(10-21)8-17(15)20)22-11-18(23)16-9-14(24-2)5-7-19(16)25-3/h4-9,12,18,22-23H,11H2,1-3H3. The van der Waals surface area contributed by atoms with E-state index >= 15 is 0 Å². The summed E-state index contributed by atoms with van der Waals surface area (Å²) in [4.78, 5) is 0. The summed E-state index contributed by atoms with van der Waals surface area (Å²) >= 11 is 0. The number of aliphatic hydroxyl groups is 1. The highest BCUT2D eigenvalue weighted by atomic mass is 19.1. The van der Waals surface area contributed by atoms with Gasteiger partial charge in [0.25, 0.3) is 0 Å². The van der Waals surface area contributed by atoms with Gasteiger partial charge in [0.05, 0.1) is 32.0 Å². The van der Waals surface area contributed by atoms with Crippen LogP contribution in [-0.2, 0) is 0 Å². The van der Waals surface area contributed by atoms with Gasteiger partial charge in [0.1, 0.15) is 17.3 Å². The Labute approximate surface area is 146 Å². The molecule has 132 valence electrons. The van der Waals surface area contributed by atoms with Gasteiger partial charge in [-0.05, 0) is 37.3 Å². The molecule has 0 saturated heterocycles. The van der Waals surface area contributed by atoms with Crippen LogP contribution < -0.4 is 14.8 Å². The topological polar surface area (TPSA) is 74.5 Å². The fraction of sp³-hybridized carbons (Fsp3) is 0.316. The molecule has 0 amide bonds. The number of methoxy groups -OCH3 is 2. The maximum Gasteiger partial charge on any atom is 0.129 e. The first kappa shape index (κ1) is 18.7. The van der Waals surface area contributed by atoms with Crippen LogP contribution in [0.15, 0.2) is 36.4 Å². The summed E-state index contributed by atoms with van der Waals surface area (Å²) in [6.45, 7) is 1.99. The zero-order chi connectivity index (χ0) is 18.4. The van der Waals surface area contributed by atoms with Crippen LogP contribution in [0.3, 0.4) is 0 Å². The summed E-state index contributed by atoms with van der Waals surface area (Å²) in [5, 5.41) is 22.4. The van der Waals surface area contributed by atoms with Gasteiger partial charge in [0.15, 0.2) is 0 Å². The summed E-state index contributed by atoms with van der Waals surface area (Å²) in [5.74, 6) is 0.709. The zero-order valence-electron chi connectivity index (χ0n) is 14.4. The van der Waals surface area contributed by atoms with Crippen LogP contribution in [0, 0.1) is 17.1 Å². The number of rotatable bonds is 7. The van der Waals surface area contributed by atoms with E-state index in [4.69, 9.17) is 14.7 Å². The van der Waals surface area contributed by atoms with Crippen molar-refractivity contribution < 1.29 is 19.0 Å². The molecule has 25 heavy (non-hydrogen) atoms. The van der Waals surface area contributed by atoms with Gasteiger partial charge in [0, 0.05) is 23.7 Å². The molecule has 0 heterocycles. The first-order valence-electron chi connectivity index (χ1n) is 7.83. The van der Waals surface area contributed by atoms with Gasteiger partial charge in [0.2, 0.25) is 0 Å². The Bertz CT molecular complexity index is 774. The van der Waals surface area contributed by atoms with Crippen molar-refractivity contribution in [2.24, 2.45) is 0 Å². The van der Waals surface area contributed by atoms with E-state index in [1.54, 1.807) is 44.4 Å². The summed E-state index contributed by atoms with van der Waals surface area (Å²) in [7, 11) is 3.08. The average Bonchev–Trinajstić information content (AvgIpc) is 2.64. The van der Waals surface area contributed by atoms with E-state index in [0.717, 1.165) is 0 Å². The number of hydrogen-bond donors (Lipinski definition) is 2. The van der Waals surface area contributed by atoms with Crippen molar-refractivity contribution in [3.05, 3.63) is 58.9 Å². The van der Waals surface area contributed by atoms with E-state index in [1.807, 2.05) is 6.07 Å². The van der Waals surface area contributed by atoms with E-state index in [0.29, 0.717) is 22.6 Å². The third-order valence-corrected chi connectivity index (χ3v) is 4.01. The van der Waals surface area contributed by atoms with Crippen LogP contribution in [0.5, 0.6) is 11.5 Å². The smallest absolute Gasteiger partial charge is 0.129 e. The van der Waals surface area contributed by atoms with Crippen LogP contribution >= 0.6 is 0 Å². The molecule has 0 bridgehead atoms. The maximum atomic E-state index is 14.1. The second kappa shape index (κ2) is 8.47. The van der Waals surface area contributed by atoms with Gasteiger partial charge in [-0.25, -0.2) is 4.39 Å². The van der Waals surface area contributed by atoms with Crippen molar-refractivity contribution in [3.8, 4) is 17.6 Å². The molecule has 2 N–H and O–H groups in total. The van der Waals surface area contributed by atoms with E-state index in [-0.39, 0.29) is 18.2 Å². The van der Waals surface area contributed by atoms with E-state index in [1.165, 1.54) is 13.2 Å². The van der Waals surface area contributed by atoms with Crippen LogP contribution in [0.2, 0.25) is 0 Å².